The zero-order valence-corrected chi connectivity index (χ0v) is 14.2. The summed E-state index contributed by atoms with van der Waals surface area (Å²) in [5.74, 6) is -0.754. The molecule has 0 aliphatic heterocycles. The van der Waals surface area contributed by atoms with Crippen LogP contribution >= 0.6 is 0 Å². The Kier molecular flexibility index (Phi) is 6.92. The predicted octanol–water partition coefficient (Wildman–Crippen LogP) is 1.01. The number of rotatable bonds is 7. The normalized spacial score (nSPS) is 11.9. The monoisotopic (exact) mass is 339 g/mol. The molecule has 8 heteroatoms. The Morgan fingerprint density at radius 3 is 2.57 bits per heavy atom. The molecule has 0 radical (unpaired) electrons. The molecule has 3 N–H and O–H groups in total. The Hall–Kier alpha value is -2.19. The van der Waals surface area contributed by atoms with Crippen LogP contribution in [0, 0.1) is 0 Å². The number of benzene rings is 1. The molecule has 2 amide bonds. The SMILES string of the molecule is CC/C=C(/C)C(=O)NCC(=O)Nc1cccc(S(=O)(=O)NC)c1. The van der Waals surface area contributed by atoms with E-state index in [1.165, 1.54) is 25.2 Å². The van der Waals surface area contributed by atoms with Gasteiger partial charge in [0, 0.05) is 11.3 Å². The summed E-state index contributed by atoms with van der Waals surface area (Å²) in [6.07, 6.45) is 2.50. The zero-order valence-electron chi connectivity index (χ0n) is 13.3. The molecule has 0 aromatic heterocycles. The van der Waals surface area contributed by atoms with Crippen molar-refractivity contribution in [1.29, 1.82) is 0 Å². The molecule has 0 spiro atoms. The molecule has 0 saturated carbocycles. The lowest BCUT2D eigenvalue weighted by Gasteiger charge is -2.09. The largest absolute Gasteiger partial charge is 0.343 e. The molecule has 0 atom stereocenters. The predicted molar refractivity (Wildman–Crippen MR) is 88.4 cm³/mol. The molecule has 7 nitrogen and oxygen atoms in total. The zero-order chi connectivity index (χ0) is 17.5. The minimum atomic E-state index is -3.58. The number of amides is 2. The van der Waals surface area contributed by atoms with E-state index in [0.717, 1.165) is 6.42 Å². The molecule has 0 aliphatic rings. The van der Waals surface area contributed by atoms with Gasteiger partial charge in [-0.15, -0.1) is 0 Å². The number of allylic oxidation sites excluding steroid dienone is 1. The lowest BCUT2D eigenvalue weighted by molar-refractivity contribution is -0.121. The van der Waals surface area contributed by atoms with Crippen LogP contribution in [-0.4, -0.2) is 33.8 Å². The minimum absolute atomic E-state index is 0.0450. The summed E-state index contributed by atoms with van der Waals surface area (Å²) in [5.41, 5.74) is 0.879. The van der Waals surface area contributed by atoms with Crippen LogP contribution in [0.2, 0.25) is 0 Å². The highest BCUT2D eigenvalue weighted by Crippen LogP contribution is 2.14. The van der Waals surface area contributed by atoms with Gasteiger partial charge in [0.1, 0.15) is 0 Å². The summed E-state index contributed by atoms with van der Waals surface area (Å²) < 4.78 is 25.6. The van der Waals surface area contributed by atoms with Gasteiger partial charge < -0.3 is 10.6 Å². The molecule has 0 aliphatic carbocycles. The summed E-state index contributed by atoms with van der Waals surface area (Å²) >= 11 is 0. The van der Waals surface area contributed by atoms with Crippen LogP contribution < -0.4 is 15.4 Å². The third-order valence-corrected chi connectivity index (χ3v) is 4.39. The first kappa shape index (κ1) is 18.9. The van der Waals surface area contributed by atoms with E-state index in [9.17, 15) is 18.0 Å². The molecule has 1 rings (SSSR count). The molecular weight excluding hydrogens is 318 g/mol. The van der Waals surface area contributed by atoms with E-state index < -0.39 is 15.9 Å². The van der Waals surface area contributed by atoms with Crippen LogP contribution in [0.1, 0.15) is 20.3 Å². The molecule has 0 bridgehead atoms. The lowest BCUT2D eigenvalue weighted by Crippen LogP contribution is -2.33. The number of hydrogen-bond donors (Lipinski definition) is 3. The van der Waals surface area contributed by atoms with Crippen LogP contribution in [-0.2, 0) is 19.6 Å². The van der Waals surface area contributed by atoms with Crippen molar-refractivity contribution >= 4 is 27.5 Å². The highest BCUT2D eigenvalue weighted by Gasteiger charge is 2.12. The van der Waals surface area contributed by atoms with Crippen LogP contribution in [0.3, 0.4) is 0 Å². The van der Waals surface area contributed by atoms with E-state index in [2.05, 4.69) is 15.4 Å². The van der Waals surface area contributed by atoms with Gasteiger partial charge in [-0.2, -0.15) is 0 Å². The summed E-state index contributed by atoms with van der Waals surface area (Å²) in [7, 11) is -2.27. The molecule has 23 heavy (non-hydrogen) atoms. The first-order valence-corrected chi connectivity index (χ1v) is 8.57. The number of carbonyl (C=O) groups is 2. The van der Waals surface area contributed by atoms with Gasteiger partial charge in [-0.05, 0) is 38.6 Å². The summed E-state index contributed by atoms with van der Waals surface area (Å²) in [6.45, 7) is 3.38. The Bertz CT molecular complexity index is 711. The standard InChI is InChI=1S/C15H21N3O4S/c1-4-6-11(2)15(20)17-10-14(19)18-12-7-5-8-13(9-12)23(21,22)16-3/h5-9,16H,4,10H2,1-3H3,(H,17,20)(H,18,19)/b11-6-. The van der Waals surface area contributed by atoms with Crippen molar-refractivity contribution in [2.75, 3.05) is 18.9 Å². The maximum absolute atomic E-state index is 11.8. The number of carbonyl (C=O) groups excluding carboxylic acids is 2. The van der Waals surface area contributed by atoms with Crippen molar-refractivity contribution in [2.45, 2.75) is 25.2 Å². The Morgan fingerprint density at radius 1 is 1.26 bits per heavy atom. The number of hydrogen-bond acceptors (Lipinski definition) is 4. The molecule has 1 aromatic rings. The van der Waals surface area contributed by atoms with Gasteiger partial charge in [0.2, 0.25) is 21.8 Å². The average molecular weight is 339 g/mol. The third-order valence-electron chi connectivity index (χ3n) is 2.97. The third kappa shape index (κ3) is 5.84. The number of anilines is 1. The fraction of sp³-hybridized carbons (Fsp3) is 0.333. The Morgan fingerprint density at radius 2 is 1.96 bits per heavy atom. The second-order valence-corrected chi connectivity index (χ2v) is 6.65. The first-order valence-electron chi connectivity index (χ1n) is 7.08. The fourth-order valence-corrected chi connectivity index (χ4v) is 2.54. The molecular formula is C15H21N3O4S. The topological polar surface area (TPSA) is 104 Å². The second-order valence-electron chi connectivity index (χ2n) is 4.76. The fourth-order valence-electron chi connectivity index (χ4n) is 1.76. The lowest BCUT2D eigenvalue weighted by atomic mass is 10.2. The van der Waals surface area contributed by atoms with E-state index in [4.69, 9.17) is 0 Å². The minimum Gasteiger partial charge on any atom is -0.343 e. The van der Waals surface area contributed by atoms with Crippen molar-refractivity contribution in [2.24, 2.45) is 0 Å². The highest BCUT2D eigenvalue weighted by atomic mass is 32.2. The van der Waals surface area contributed by atoms with Gasteiger partial charge in [-0.1, -0.05) is 19.1 Å². The van der Waals surface area contributed by atoms with Gasteiger partial charge in [0.05, 0.1) is 11.4 Å². The van der Waals surface area contributed by atoms with E-state index in [-0.39, 0.29) is 17.3 Å². The van der Waals surface area contributed by atoms with Crippen molar-refractivity contribution in [3.8, 4) is 0 Å². The van der Waals surface area contributed by atoms with E-state index >= 15 is 0 Å². The molecule has 0 fully saturated rings. The van der Waals surface area contributed by atoms with Crippen molar-refractivity contribution in [3.63, 3.8) is 0 Å². The van der Waals surface area contributed by atoms with Crippen LogP contribution in [0.15, 0.2) is 40.8 Å². The summed E-state index contributed by atoms with van der Waals surface area (Å²) in [6, 6.07) is 5.85. The summed E-state index contributed by atoms with van der Waals surface area (Å²) in [5, 5.41) is 5.03. The van der Waals surface area contributed by atoms with Gasteiger partial charge >= 0.3 is 0 Å². The Labute approximate surface area is 136 Å². The number of sulfonamides is 1. The van der Waals surface area contributed by atoms with E-state index in [1.807, 2.05) is 6.92 Å². The molecule has 0 saturated heterocycles. The average Bonchev–Trinajstić information content (AvgIpc) is 2.53. The van der Waals surface area contributed by atoms with E-state index in [0.29, 0.717) is 11.3 Å². The smallest absolute Gasteiger partial charge is 0.247 e. The van der Waals surface area contributed by atoms with Gasteiger partial charge in [-0.3, -0.25) is 9.59 Å². The number of nitrogens with one attached hydrogen (secondary N) is 3. The maximum Gasteiger partial charge on any atom is 0.247 e. The van der Waals surface area contributed by atoms with Gasteiger partial charge in [0.15, 0.2) is 0 Å². The van der Waals surface area contributed by atoms with Crippen LogP contribution in [0.5, 0.6) is 0 Å². The van der Waals surface area contributed by atoms with Gasteiger partial charge in [0.25, 0.3) is 0 Å². The van der Waals surface area contributed by atoms with Crippen molar-refractivity contribution < 1.29 is 18.0 Å². The quantitative estimate of drug-likeness (QED) is 0.645. The summed E-state index contributed by atoms with van der Waals surface area (Å²) in [4.78, 5) is 23.5. The van der Waals surface area contributed by atoms with Gasteiger partial charge in [-0.25, -0.2) is 13.1 Å². The van der Waals surface area contributed by atoms with E-state index in [1.54, 1.807) is 19.1 Å². The molecule has 0 unspecified atom stereocenters. The highest BCUT2D eigenvalue weighted by molar-refractivity contribution is 7.89. The van der Waals surface area contributed by atoms with Crippen molar-refractivity contribution in [3.05, 3.63) is 35.9 Å². The molecule has 0 heterocycles. The maximum atomic E-state index is 11.8. The van der Waals surface area contributed by atoms with Crippen LogP contribution in [0.4, 0.5) is 5.69 Å². The second kappa shape index (κ2) is 8.44. The molecule has 1 aromatic carbocycles. The Balaban J connectivity index is 2.67. The van der Waals surface area contributed by atoms with Crippen LogP contribution in [0.25, 0.3) is 0 Å². The first-order chi connectivity index (χ1) is 10.8. The molecule has 126 valence electrons. The van der Waals surface area contributed by atoms with Crippen molar-refractivity contribution in [1.82, 2.24) is 10.0 Å².